The van der Waals surface area contributed by atoms with Crippen molar-refractivity contribution in [3.8, 4) is 0 Å². The second-order valence-corrected chi connectivity index (χ2v) is 4.92. The summed E-state index contributed by atoms with van der Waals surface area (Å²) in [6.45, 7) is 5.45. The third kappa shape index (κ3) is 4.67. The Balaban J connectivity index is 2.33. The number of hydrogen-bond donors (Lipinski definition) is 0. The summed E-state index contributed by atoms with van der Waals surface area (Å²) >= 11 is 0. The Bertz CT molecular complexity index is 266. The number of nitrogens with zero attached hydrogens (tertiary/aromatic N) is 1. The minimum absolute atomic E-state index is 0.0452. The molecule has 18 heavy (non-hydrogen) atoms. The fourth-order valence-corrected chi connectivity index (χ4v) is 2.28. The van der Waals surface area contributed by atoms with Gasteiger partial charge in [-0.3, -0.25) is 9.59 Å². The zero-order valence-corrected chi connectivity index (χ0v) is 11.6. The molecular formula is C14H25NO3. The van der Waals surface area contributed by atoms with Crippen LogP contribution in [0.3, 0.4) is 0 Å². The van der Waals surface area contributed by atoms with Crippen LogP contribution in [-0.2, 0) is 14.3 Å². The molecule has 1 rings (SSSR count). The number of carbonyl (C=O) groups is 2. The van der Waals surface area contributed by atoms with E-state index >= 15 is 0 Å². The molecule has 0 aliphatic carbocycles. The lowest BCUT2D eigenvalue weighted by atomic mass is 10.0. The normalized spacial score (nSPS) is 16.5. The van der Waals surface area contributed by atoms with E-state index in [1.165, 1.54) is 12.8 Å². The van der Waals surface area contributed by atoms with E-state index in [9.17, 15) is 9.59 Å². The predicted octanol–water partition coefficient (Wildman–Crippen LogP) is 2.37. The lowest BCUT2D eigenvalue weighted by Gasteiger charge is -2.20. The maximum absolute atomic E-state index is 11.9. The monoisotopic (exact) mass is 255 g/mol. The van der Waals surface area contributed by atoms with Crippen LogP contribution < -0.4 is 0 Å². The number of ether oxygens (including phenoxy) is 1. The van der Waals surface area contributed by atoms with E-state index in [4.69, 9.17) is 4.74 Å². The second kappa shape index (κ2) is 8.11. The second-order valence-electron chi connectivity index (χ2n) is 4.92. The lowest BCUT2D eigenvalue weighted by Crippen LogP contribution is -2.36. The first-order valence-corrected chi connectivity index (χ1v) is 7.13. The van der Waals surface area contributed by atoms with Gasteiger partial charge in [0.15, 0.2) is 6.61 Å². The van der Waals surface area contributed by atoms with E-state index in [1.54, 1.807) is 0 Å². The van der Waals surface area contributed by atoms with Crippen molar-refractivity contribution in [2.45, 2.75) is 52.4 Å². The Hall–Kier alpha value is -1.06. The highest BCUT2D eigenvalue weighted by atomic mass is 16.5. The van der Waals surface area contributed by atoms with Crippen LogP contribution in [0.1, 0.15) is 52.4 Å². The number of esters is 1. The Morgan fingerprint density at radius 2 is 1.61 bits per heavy atom. The first-order valence-electron chi connectivity index (χ1n) is 7.13. The van der Waals surface area contributed by atoms with Gasteiger partial charge in [-0.25, -0.2) is 0 Å². The molecule has 4 heteroatoms. The molecule has 0 unspecified atom stereocenters. The summed E-state index contributed by atoms with van der Waals surface area (Å²) < 4.78 is 5.11. The van der Waals surface area contributed by atoms with Crippen LogP contribution >= 0.6 is 0 Å². The molecule has 104 valence electrons. The fraction of sp³-hybridized carbons (Fsp3) is 0.857. The van der Waals surface area contributed by atoms with Gasteiger partial charge in [-0.15, -0.1) is 0 Å². The molecule has 4 nitrogen and oxygen atoms in total. The van der Waals surface area contributed by atoms with E-state index < -0.39 is 0 Å². The van der Waals surface area contributed by atoms with E-state index in [0.717, 1.165) is 38.8 Å². The number of likely N-dealkylation sites (tertiary alicyclic amines) is 1. The highest BCUT2D eigenvalue weighted by Crippen LogP contribution is 2.12. The number of hydrogen-bond acceptors (Lipinski definition) is 3. The number of carbonyl (C=O) groups excluding carboxylic acids is 2. The zero-order chi connectivity index (χ0) is 13.4. The molecule has 0 N–H and O–H groups in total. The van der Waals surface area contributed by atoms with Crippen LogP contribution in [0.25, 0.3) is 0 Å². The highest BCUT2D eigenvalue weighted by molar-refractivity contribution is 5.81. The van der Waals surface area contributed by atoms with Crippen molar-refractivity contribution in [2.75, 3.05) is 19.7 Å². The molecule has 1 aliphatic heterocycles. The molecular weight excluding hydrogens is 230 g/mol. The highest BCUT2D eigenvalue weighted by Gasteiger charge is 2.20. The molecule has 1 aliphatic rings. The summed E-state index contributed by atoms with van der Waals surface area (Å²) in [7, 11) is 0. The summed E-state index contributed by atoms with van der Waals surface area (Å²) in [5.74, 6) is -0.346. The summed E-state index contributed by atoms with van der Waals surface area (Å²) in [4.78, 5) is 25.4. The third-order valence-corrected chi connectivity index (χ3v) is 3.62. The van der Waals surface area contributed by atoms with Crippen LogP contribution in [0.4, 0.5) is 0 Å². The number of rotatable bonds is 5. The van der Waals surface area contributed by atoms with Gasteiger partial charge < -0.3 is 9.64 Å². The van der Waals surface area contributed by atoms with Gasteiger partial charge >= 0.3 is 5.97 Å². The Morgan fingerprint density at radius 1 is 1.06 bits per heavy atom. The van der Waals surface area contributed by atoms with Crippen molar-refractivity contribution in [1.82, 2.24) is 4.90 Å². The molecule has 0 spiro atoms. The van der Waals surface area contributed by atoms with Crippen molar-refractivity contribution in [1.29, 1.82) is 0 Å². The van der Waals surface area contributed by atoms with Gasteiger partial charge in [0.05, 0.1) is 5.92 Å². The molecule has 1 saturated heterocycles. The summed E-state index contributed by atoms with van der Waals surface area (Å²) in [6, 6.07) is 0. The molecule has 0 aromatic heterocycles. The van der Waals surface area contributed by atoms with E-state index in [1.807, 2.05) is 18.7 Å². The SMILES string of the molecule is CCC(CC)C(=O)OCC(=O)N1CCCCCC1. The molecule has 0 radical (unpaired) electrons. The molecule has 1 fully saturated rings. The average Bonchev–Trinajstić information content (AvgIpc) is 2.66. The fourth-order valence-electron chi connectivity index (χ4n) is 2.28. The zero-order valence-electron chi connectivity index (χ0n) is 11.6. The minimum atomic E-state index is -0.233. The standard InChI is InChI=1S/C14H25NO3/c1-3-12(4-2)14(17)18-11-13(16)15-9-7-5-6-8-10-15/h12H,3-11H2,1-2H3. The summed E-state index contributed by atoms with van der Waals surface area (Å²) in [6.07, 6.45) is 6.05. The van der Waals surface area contributed by atoms with Crippen LogP contribution in [0.2, 0.25) is 0 Å². The largest absolute Gasteiger partial charge is 0.455 e. The van der Waals surface area contributed by atoms with E-state index in [0.29, 0.717) is 0 Å². The van der Waals surface area contributed by atoms with Crippen LogP contribution in [0.5, 0.6) is 0 Å². The molecule has 1 heterocycles. The maximum atomic E-state index is 11.9. The summed E-state index contributed by atoms with van der Waals surface area (Å²) in [5, 5.41) is 0. The Labute approximate surface area is 110 Å². The van der Waals surface area contributed by atoms with E-state index in [2.05, 4.69) is 0 Å². The van der Waals surface area contributed by atoms with Crippen molar-refractivity contribution >= 4 is 11.9 Å². The van der Waals surface area contributed by atoms with Crippen molar-refractivity contribution in [3.63, 3.8) is 0 Å². The lowest BCUT2D eigenvalue weighted by molar-refractivity contribution is -0.155. The van der Waals surface area contributed by atoms with Crippen molar-refractivity contribution in [2.24, 2.45) is 5.92 Å². The molecule has 0 bridgehead atoms. The molecule has 1 amide bonds. The Morgan fingerprint density at radius 3 is 2.11 bits per heavy atom. The van der Waals surface area contributed by atoms with Gasteiger partial charge in [-0.1, -0.05) is 26.7 Å². The minimum Gasteiger partial charge on any atom is -0.455 e. The molecule has 0 aromatic rings. The van der Waals surface area contributed by atoms with Gasteiger partial charge in [0.1, 0.15) is 0 Å². The number of amides is 1. The smallest absolute Gasteiger partial charge is 0.309 e. The van der Waals surface area contributed by atoms with Gasteiger partial charge in [0.25, 0.3) is 5.91 Å². The van der Waals surface area contributed by atoms with Gasteiger partial charge in [-0.05, 0) is 25.7 Å². The summed E-state index contributed by atoms with van der Waals surface area (Å²) in [5.41, 5.74) is 0. The quantitative estimate of drug-likeness (QED) is 0.709. The average molecular weight is 255 g/mol. The molecule has 0 atom stereocenters. The van der Waals surface area contributed by atoms with E-state index in [-0.39, 0.29) is 24.4 Å². The van der Waals surface area contributed by atoms with Crippen LogP contribution in [0, 0.1) is 5.92 Å². The van der Waals surface area contributed by atoms with Gasteiger partial charge in [-0.2, -0.15) is 0 Å². The van der Waals surface area contributed by atoms with Crippen LogP contribution in [-0.4, -0.2) is 36.5 Å². The van der Waals surface area contributed by atoms with Gasteiger partial charge in [0, 0.05) is 13.1 Å². The van der Waals surface area contributed by atoms with Crippen LogP contribution in [0.15, 0.2) is 0 Å². The van der Waals surface area contributed by atoms with Crippen molar-refractivity contribution in [3.05, 3.63) is 0 Å². The first-order chi connectivity index (χ1) is 8.69. The third-order valence-electron chi connectivity index (χ3n) is 3.62. The van der Waals surface area contributed by atoms with Gasteiger partial charge in [0.2, 0.25) is 0 Å². The molecule has 0 aromatic carbocycles. The molecule has 0 saturated carbocycles. The Kier molecular flexibility index (Phi) is 6.76. The van der Waals surface area contributed by atoms with Crippen molar-refractivity contribution < 1.29 is 14.3 Å². The maximum Gasteiger partial charge on any atom is 0.309 e. The first kappa shape index (κ1) is 15.0. The predicted molar refractivity (Wildman–Crippen MR) is 70.1 cm³/mol. The topological polar surface area (TPSA) is 46.6 Å².